The van der Waals surface area contributed by atoms with Crippen LogP contribution in [-0.4, -0.2) is 16.3 Å². The molecule has 20 heavy (non-hydrogen) atoms. The van der Waals surface area contributed by atoms with Crippen molar-refractivity contribution < 1.29 is 10.2 Å². The molecule has 3 saturated carbocycles. The third-order valence-electron chi connectivity index (χ3n) is 5.39. The summed E-state index contributed by atoms with van der Waals surface area (Å²) in [6.07, 6.45) is 3.38. The maximum atomic E-state index is 11.3. The Labute approximate surface area is 119 Å². The molecule has 0 saturated heterocycles. The highest BCUT2D eigenvalue weighted by atomic mass is 16.3. The highest BCUT2D eigenvalue weighted by Gasteiger charge is 2.51. The molecule has 2 N–H and O–H groups in total. The highest BCUT2D eigenvalue weighted by molar-refractivity contribution is 5.86. The molecule has 2 nitrogen and oxygen atoms in total. The van der Waals surface area contributed by atoms with Gasteiger partial charge >= 0.3 is 0 Å². The van der Waals surface area contributed by atoms with Crippen molar-refractivity contribution in [3.63, 3.8) is 0 Å². The smallest absolute Gasteiger partial charge is 0.0957 e. The lowest BCUT2D eigenvalue weighted by molar-refractivity contribution is -0.156. The van der Waals surface area contributed by atoms with Crippen LogP contribution in [0.5, 0.6) is 0 Å². The van der Waals surface area contributed by atoms with Crippen LogP contribution in [0.1, 0.15) is 31.2 Å². The van der Waals surface area contributed by atoms with Crippen LogP contribution in [0, 0.1) is 11.8 Å². The van der Waals surface area contributed by atoms with Crippen molar-refractivity contribution in [2.45, 2.75) is 37.4 Å². The second kappa shape index (κ2) is 4.31. The van der Waals surface area contributed by atoms with E-state index in [4.69, 9.17) is 0 Å². The maximum Gasteiger partial charge on any atom is 0.0957 e. The van der Waals surface area contributed by atoms with E-state index in [0.29, 0.717) is 5.92 Å². The average Bonchev–Trinajstić information content (AvgIpc) is 2.46. The Balaban J connectivity index is 1.90. The molecule has 0 unspecified atom stereocenters. The molecule has 0 heterocycles. The van der Waals surface area contributed by atoms with Gasteiger partial charge in [-0.15, -0.1) is 0 Å². The van der Waals surface area contributed by atoms with Crippen molar-refractivity contribution in [3.8, 4) is 0 Å². The van der Waals surface area contributed by atoms with E-state index in [1.807, 2.05) is 24.3 Å². The van der Waals surface area contributed by atoms with Crippen molar-refractivity contribution in [2.24, 2.45) is 11.8 Å². The second-order valence-corrected chi connectivity index (χ2v) is 6.51. The Morgan fingerprint density at radius 2 is 1.80 bits per heavy atom. The number of aliphatic hydroxyl groups excluding tert-OH is 1. The summed E-state index contributed by atoms with van der Waals surface area (Å²) in [5, 5.41) is 23.9. The van der Waals surface area contributed by atoms with E-state index in [0.717, 1.165) is 42.0 Å². The summed E-state index contributed by atoms with van der Waals surface area (Å²) in [6.45, 7) is 0. The van der Waals surface area contributed by atoms with Crippen molar-refractivity contribution in [1.29, 1.82) is 0 Å². The molecule has 0 radical (unpaired) electrons. The van der Waals surface area contributed by atoms with Gasteiger partial charge < -0.3 is 10.2 Å². The van der Waals surface area contributed by atoms with Gasteiger partial charge in [0.1, 0.15) is 0 Å². The molecule has 3 aliphatic rings. The minimum Gasteiger partial charge on any atom is -0.393 e. The second-order valence-electron chi connectivity index (χ2n) is 6.51. The molecular formula is C18H20O2. The van der Waals surface area contributed by atoms with E-state index in [9.17, 15) is 10.2 Å². The first kappa shape index (κ1) is 12.4. The van der Waals surface area contributed by atoms with Crippen LogP contribution < -0.4 is 0 Å². The summed E-state index contributed by atoms with van der Waals surface area (Å²) in [5.41, 5.74) is 0.144. The summed E-state index contributed by atoms with van der Waals surface area (Å²) in [5.74, 6) is 0.442. The van der Waals surface area contributed by atoms with E-state index in [1.54, 1.807) is 0 Å². The Bertz CT molecular complexity index is 645. The molecule has 0 aromatic heterocycles. The van der Waals surface area contributed by atoms with E-state index in [-0.39, 0.29) is 12.0 Å². The van der Waals surface area contributed by atoms with Crippen LogP contribution >= 0.6 is 0 Å². The minimum absolute atomic E-state index is 0.0155. The van der Waals surface area contributed by atoms with E-state index in [1.165, 1.54) is 0 Å². The first-order chi connectivity index (χ1) is 9.68. The molecule has 3 fully saturated rings. The van der Waals surface area contributed by atoms with Crippen LogP contribution in [-0.2, 0) is 5.60 Å². The number of hydrogen-bond donors (Lipinski definition) is 2. The Hall–Kier alpha value is -1.38. The van der Waals surface area contributed by atoms with Gasteiger partial charge in [0.2, 0.25) is 0 Å². The molecule has 4 atom stereocenters. The fraction of sp³-hybridized carbons (Fsp3) is 0.444. The van der Waals surface area contributed by atoms with Gasteiger partial charge in [-0.05, 0) is 47.9 Å². The van der Waals surface area contributed by atoms with Gasteiger partial charge in [-0.25, -0.2) is 0 Å². The summed E-state index contributed by atoms with van der Waals surface area (Å²) in [4.78, 5) is 0. The van der Waals surface area contributed by atoms with Crippen LogP contribution in [0.3, 0.4) is 0 Å². The number of rotatable bonds is 1. The summed E-state index contributed by atoms with van der Waals surface area (Å²) in [7, 11) is 0. The molecule has 0 amide bonds. The molecule has 2 aromatic carbocycles. The predicted octanol–water partition coefficient (Wildman–Crippen LogP) is 3.21. The molecule has 3 aliphatic carbocycles. The summed E-state index contributed by atoms with van der Waals surface area (Å²) < 4.78 is 0. The highest BCUT2D eigenvalue weighted by Crippen LogP contribution is 2.53. The largest absolute Gasteiger partial charge is 0.393 e. The SMILES string of the molecule is O[C@H]1C[C@@H]2CC[C@H]1[C@@](O)(c1cccc3ccccc13)C2. The summed E-state index contributed by atoms with van der Waals surface area (Å²) >= 11 is 0. The molecule has 0 spiro atoms. The molecule has 2 bridgehead atoms. The van der Waals surface area contributed by atoms with Crippen LogP contribution in [0.15, 0.2) is 42.5 Å². The molecule has 104 valence electrons. The minimum atomic E-state index is -0.860. The Kier molecular flexibility index (Phi) is 2.66. The van der Waals surface area contributed by atoms with Crippen LogP contribution in [0.2, 0.25) is 0 Å². The topological polar surface area (TPSA) is 40.5 Å². The zero-order chi connectivity index (χ0) is 13.7. The number of fused-ring (bicyclic) bond motifs is 4. The standard InChI is InChI=1S/C18H20O2/c19-17-10-12-8-9-16(17)18(20,11-12)15-7-3-5-13-4-1-2-6-14(13)15/h1-7,12,16-17,19-20H,8-11H2/t12-,16+,17-,18-/m0/s1. The first-order valence-corrected chi connectivity index (χ1v) is 7.57. The van der Waals surface area contributed by atoms with Gasteiger partial charge in [0.25, 0.3) is 0 Å². The number of aliphatic hydroxyl groups is 2. The van der Waals surface area contributed by atoms with Gasteiger partial charge in [0.15, 0.2) is 0 Å². The number of hydrogen-bond acceptors (Lipinski definition) is 2. The van der Waals surface area contributed by atoms with Gasteiger partial charge in [-0.2, -0.15) is 0 Å². The van der Waals surface area contributed by atoms with Gasteiger partial charge in [-0.1, -0.05) is 42.5 Å². The van der Waals surface area contributed by atoms with Crippen LogP contribution in [0.25, 0.3) is 10.8 Å². The number of benzene rings is 2. The summed E-state index contributed by atoms with van der Waals surface area (Å²) in [6, 6.07) is 14.3. The van der Waals surface area contributed by atoms with E-state index >= 15 is 0 Å². The van der Waals surface area contributed by atoms with E-state index in [2.05, 4.69) is 18.2 Å². The Morgan fingerprint density at radius 1 is 1.00 bits per heavy atom. The molecule has 5 rings (SSSR count). The van der Waals surface area contributed by atoms with Gasteiger partial charge in [-0.3, -0.25) is 0 Å². The Morgan fingerprint density at radius 3 is 2.60 bits per heavy atom. The zero-order valence-electron chi connectivity index (χ0n) is 11.5. The average molecular weight is 268 g/mol. The fourth-order valence-electron chi connectivity index (χ4n) is 4.48. The zero-order valence-corrected chi connectivity index (χ0v) is 11.5. The first-order valence-electron chi connectivity index (χ1n) is 7.57. The van der Waals surface area contributed by atoms with Crippen molar-refractivity contribution >= 4 is 10.8 Å². The molecule has 0 aliphatic heterocycles. The van der Waals surface area contributed by atoms with Crippen molar-refractivity contribution in [1.82, 2.24) is 0 Å². The molecule has 2 aromatic rings. The molecule has 2 heteroatoms. The fourth-order valence-corrected chi connectivity index (χ4v) is 4.48. The lowest BCUT2D eigenvalue weighted by atomic mass is 9.58. The third-order valence-corrected chi connectivity index (χ3v) is 5.39. The normalized spacial score (nSPS) is 36.4. The van der Waals surface area contributed by atoms with Crippen LogP contribution in [0.4, 0.5) is 0 Å². The van der Waals surface area contributed by atoms with Crippen molar-refractivity contribution in [2.75, 3.05) is 0 Å². The third kappa shape index (κ3) is 1.65. The van der Waals surface area contributed by atoms with Crippen molar-refractivity contribution in [3.05, 3.63) is 48.0 Å². The predicted molar refractivity (Wildman–Crippen MR) is 79.3 cm³/mol. The lowest BCUT2D eigenvalue weighted by Gasteiger charge is -2.51. The monoisotopic (exact) mass is 268 g/mol. The molecular weight excluding hydrogens is 248 g/mol. The maximum absolute atomic E-state index is 11.3. The van der Waals surface area contributed by atoms with Gasteiger partial charge in [0.05, 0.1) is 11.7 Å². The van der Waals surface area contributed by atoms with Gasteiger partial charge in [0, 0.05) is 5.92 Å². The quantitative estimate of drug-likeness (QED) is 0.833. The van der Waals surface area contributed by atoms with E-state index < -0.39 is 5.60 Å². The lowest BCUT2D eigenvalue weighted by Crippen LogP contribution is -2.52.